The third-order valence-electron chi connectivity index (χ3n) is 3.94. The Hall–Kier alpha value is -1.33. The molecule has 0 bridgehead atoms. The Kier molecular flexibility index (Phi) is 4.60. The third-order valence-corrected chi connectivity index (χ3v) is 4.57. The van der Waals surface area contributed by atoms with E-state index in [-0.39, 0.29) is 0 Å². The van der Waals surface area contributed by atoms with Gasteiger partial charge in [-0.1, -0.05) is 12.1 Å². The molecule has 1 aromatic heterocycles. The van der Waals surface area contributed by atoms with Crippen LogP contribution in [0.25, 0.3) is 0 Å². The molecule has 0 fully saturated rings. The van der Waals surface area contributed by atoms with Crippen molar-refractivity contribution in [2.75, 3.05) is 13.2 Å². The van der Waals surface area contributed by atoms with Crippen LogP contribution in [0.3, 0.4) is 0 Å². The van der Waals surface area contributed by atoms with Crippen LogP contribution in [-0.2, 0) is 13.5 Å². The van der Waals surface area contributed by atoms with Crippen LogP contribution in [0.5, 0.6) is 5.75 Å². The predicted molar refractivity (Wildman–Crippen MR) is 86.5 cm³/mol. The van der Waals surface area contributed by atoms with Gasteiger partial charge in [-0.15, -0.1) is 0 Å². The van der Waals surface area contributed by atoms with Crippen LogP contribution in [0.2, 0.25) is 0 Å². The number of para-hydroxylation sites is 1. The van der Waals surface area contributed by atoms with Crippen LogP contribution in [0.15, 0.2) is 35.2 Å². The lowest BCUT2D eigenvalue weighted by Crippen LogP contribution is -2.24. The monoisotopic (exact) mass is 349 g/mol. The van der Waals surface area contributed by atoms with Gasteiger partial charge in [0.15, 0.2) is 0 Å². The first kappa shape index (κ1) is 14.6. The van der Waals surface area contributed by atoms with Gasteiger partial charge >= 0.3 is 0 Å². The fraction of sp³-hybridized carbons (Fsp3) is 0.438. The van der Waals surface area contributed by atoms with E-state index in [4.69, 9.17) is 4.74 Å². The molecule has 1 aromatic carbocycles. The number of nitrogens with zero attached hydrogens (tertiary/aromatic N) is 2. The fourth-order valence-corrected chi connectivity index (χ4v) is 3.28. The highest BCUT2D eigenvalue weighted by Gasteiger charge is 2.20. The van der Waals surface area contributed by atoms with Crippen LogP contribution in [0.4, 0.5) is 0 Å². The number of halogens is 1. The van der Waals surface area contributed by atoms with Crippen LogP contribution in [0.1, 0.15) is 30.1 Å². The van der Waals surface area contributed by atoms with Gasteiger partial charge in [0.2, 0.25) is 0 Å². The second-order valence-electron chi connectivity index (χ2n) is 5.40. The smallest absolute Gasteiger partial charge is 0.138 e. The van der Waals surface area contributed by atoms with Crippen molar-refractivity contribution in [3.63, 3.8) is 0 Å². The molecule has 4 nitrogen and oxygen atoms in total. The zero-order valence-electron chi connectivity index (χ0n) is 12.2. The molecule has 3 rings (SSSR count). The molecule has 112 valence electrons. The van der Waals surface area contributed by atoms with E-state index in [2.05, 4.69) is 42.9 Å². The summed E-state index contributed by atoms with van der Waals surface area (Å²) in [5, 5.41) is 3.67. The van der Waals surface area contributed by atoms with Crippen LogP contribution < -0.4 is 10.1 Å². The number of benzene rings is 1. The molecule has 0 spiro atoms. The maximum atomic E-state index is 5.88. The molecule has 21 heavy (non-hydrogen) atoms. The quantitative estimate of drug-likeness (QED) is 0.920. The third kappa shape index (κ3) is 3.30. The highest BCUT2D eigenvalue weighted by molar-refractivity contribution is 9.10. The van der Waals surface area contributed by atoms with E-state index in [1.54, 1.807) is 0 Å². The first-order valence-corrected chi connectivity index (χ1v) is 8.15. The Morgan fingerprint density at radius 1 is 1.48 bits per heavy atom. The lowest BCUT2D eigenvalue weighted by atomic mass is 10.0. The summed E-state index contributed by atoms with van der Waals surface area (Å²) in [4.78, 5) is 4.16. The molecular formula is C16H20BrN3O. The Labute approximate surface area is 133 Å². The first-order valence-electron chi connectivity index (χ1n) is 7.35. The number of imidazole rings is 1. The Morgan fingerprint density at radius 3 is 3.19 bits per heavy atom. The van der Waals surface area contributed by atoms with E-state index in [0.717, 1.165) is 42.6 Å². The Bertz CT molecular complexity index is 611. The molecule has 0 aliphatic carbocycles. The van der Waals surface area contributed by atoms with E-state index in [1.807, 2.05) is 25.6 Å². The van der Waals surface area contributed by atoms with E-state index >= 15 is 0 Å². The molecule has 5 heteroatoms. The van der Waals surface area contributed by atoms with Crippen LogP contribution in [0, 0.1) is 0 Å². The molecule has 1 N–H and O–H groups in total. The molecule has 1 aliphatic rings. The van der Waals surface area contributed by atoms with Gasteiger partial charge < -0.3 is 14.6 Å². The van der Waals surface area contributed by atoms with Gasteiger partial charge in [0.05, 0.1) is 17.4 Å². The second kappa shape index (κ2) is 6.62. The Balaban J connectivity index is 1.68. The topological polar surface area (TPSA) is 39.1 Å². The average molecular weight is 350 g/mol. The first-order chi connectivity index (χ1) is 10.3. The van der Waals surface area contributed by atoms with Crippen molar-refractivity contribution in [2.24, 2.45) is 7.05 Å². The second-order valence-corrected chi connectivity index (χ2v) is 6.26. The lowest BCUT2D eigenvalue weighted by Gasteiger charge is -2.19. The van der Waals surface area contributed by atoms with E-state index < -0.39 is 0 Å². The molecule has 2 aromatic rings. The minimum Gasteiger partial charge on any atom is -0.492 e. The molecular weight excluding hydrogens is 330 g/mol. The van der Waals surface area contributed by atoms with Crippen LogP contribution in [-0.4, -0.2) is 22.7 Å². The number of fused-ring (bicyclic) bond motifs is 1. The highest BCUT2D eigenvalue weighted by atomic mass is 79.9. The predicted octanol–water partition coefficient (Wildman–Crippen LogP) is 3.23. The summed E-state index contributed by atoms with van der Waals surface area (Å²) in [5.74, 6) is 0.994. The van der Waals surface area contributed by atoms with E-state index in [9.17, 15) is 0 Å². The minimum absolute atomic E-state index is 0.355. The molecule has 0 radical (unpaired) electrons. The number of aryl methyl sites for hydroxylation is 1. The summed E-state index contributed by atoms with van der Waals surface area (Å²) in [5.41, 5.74) is 2.51. The molecule has 1 atom stereocenters. The van der Waals surface area contributed by atoms with Gasteiger partial charge in [-0.3, -0.25) is 0 Å². The number of nitrogens with one attached hydrogen (secondary N) is 1. The van der Waals surface area contributed by atoms with Gasteiger partial charge in [-0.25, -0.2) is 4.98 Å². The molecule has 0 saturated carbocycles. The fourth-order valence-electron chi connectivity index (χ4n) is 2.78. The van der Waals surface area contributed by atoms with E-state index in [1.165, 1.54) is 11.3 Å². The van der Waals surface area contributed by atoms with Crippen molar-refractivity contribution in [1.29, 1.82) is 0 Å². The van der Waals surface area contributed by atoms with Gasteiger partial charge in [0.1, 0.15) is 5.75 Å². The molecule has 1 aliphatic heterocycles. The van der Waals surface area contributed by atoms with Crippen molar-refractivity contribution in [2.45, 2.75) is 25.3 Å². The number of rotatable bonds is 4. The summed E-state index contributed by atoms with van der Waals surface area (Å²) in [6.45, 7) is 1.73. The van der Waals surface area contributed by atoms with Crippen LogP contribution >= 0.6 is 15.9 Å². The zero-order chi connectivity index (χ0) is 14.7. The van der Waals surface area contributed by atoms with Crippen molar-refractivity contribution < 1.29 is 4.74 Å². The van der Waals surface area contributed by atoms with Crippen molar-refractivity contribution >= 4 is 15.9 Å². The summed E-state index contributed by atoms with van der Waals surface area (Å²) in [7, 11) is 2.04. The summed E-state index contributed by atoms with van der Waals surface area (Å²) >= 11 is 3.59. The Morgan fingerprint density at radius 2 is 2.38 bits per heavy atom. The summed E-state index contributed by atoms with van der Waals surface area (Å²) in [6.07, 6.45) is 6.94. The summed E-state index contributed by atoms with van der Waals surface area (Å²) in [6, 6.07) is 6.63. The highest BCUT2D eigenvalue weighted by Crippen LogP contribution is 2.36. The molecule has 0 saturated heterocycles. The maximum absolute atomic E-state index is 5.88. The molecule has 0 amide bonds. The van der Waals surface area contributed by atoms with Gasteiger partial charge in [0, 0.05) is 43.5 Å². The van der Waals surface area contributed by atoms with E-state index in [0.29, 0.717) is 6.04 Å². The standard InChI is InChI=1S/C16H20BrN3O/c1-20-11-18-10-12(20)7-8-19-15-6-3-9-21-16-13(15)4-2-5-14(16)17/h2,4-5,10-11,15,19H,3,6-9H2,1H3/t15-/m1/s1. The number of hydrogen-bond donors (Lipinski definition) is 1. The molecule has 0 unspecified atom stereocenters. The number of ether oxygens (including phenoxy) is 1. The zero-order valence-corrected chi connectivity index (χ0v) is 13.8. The van der Waals surface area contributed by atoms with Crippen molar-refractivity contribution in [3.8, 4) is 5.75 Å². The lowest BCUT2D eigenvalue weighted by molar-refractivity contribution is 0.313. The van der Waals surface area contributed by atoms with Gasteiger partial charge in [-0.05, 0) is 34.8 Å². The SMILES string of the molecule is Cn1cncc1CCN[C@@H]1CCCOc2c(Br)cccc21. The average Bonchev–Trinajstić information content (AvgIpc) is 2.76. The number of hydrogen-bond acceptors (Lipinski definition) is 3. The van der Waals surface area contributed by atoms with Gasteiger partial charge in [0.25, 0.3) is 0 Å². The van der Waals surface area contributed by atoms with Crippen molar-refractivity contribution in [1.82, 2.24) is 14.9 Å². The number of aromatic nitrogens is 2. The largest absolute Gasteiger partial charge is 0.492 e. The maximum Gasteiger partial charge on any atom is 0.138 e. The summed E-state index contributed by atoms with van der Waals surface area (Å²) < 4.78 is 8.99. The minimum atomic E-state index is 0.355. The molecule has 2 heterocycles. The normalized spacial score (nSPS) is 17.9. The van der Waals surface area contributed by atoms with Gasteiger partial charge in [-0.2, -0.15) is 0 Å². The van der Waals surface area contributed by atoms with Crippen molar-refractivity contribution in [3.05, 3.63) is 46.5 Å².